The van der Waals surface area contributed by atoms with Crippen LogP contribution in [-0.2, 0) is 31.1 Å². The Balaban J connectivity index is 1.48. The van der Waals surface area contributed by atoms with Crippen molar-refractivity contribution in [3.63, 3.8) is 0 Å². The quantitative estimate of drug-likeness (QED) is 0.299. The van der Waals surface area contributed by atoms with Gasteiger partial charge in [-0.05, 0) is 66.6 Å². The van der Waals surface area contributed by atoms with Crippen LogP contribution in [0.2, 0.25) is 0 Å². The van der Waals surface area contributed by atoms with Crippen LogP contribution in [0.15, 0.2) is 98.9 Å². The number of rotatable bonds is 6. The van der Waals surface area contributed by atoms with Gasteiger partial charge in [0, 0.05) is 22.2 Å². The molecule has 0 atom stereocenters. The molecule has 4 rings (SSSR count). The second kappa shape index (κ2) is 9.46. The minimum absolute atomic E-state index is 0.134. The van der Waals surface area contributed by atoms with Crippen molar-refractivity contribution in [1.29, 1.82) is 0 Å². The van der Waals surface area contributed by atoms with Gasteiger partial charge in [0.05, 0.1) is 21.2 Å². The number of allylic oxidation sites excluding steroid dienone is 8. The summed E-state index contributed by atoms with van der Waals surface area (Å²) in [7, 11) is -8.58. The standard InChI is InChI=1S/C28H30N2O6S2/c1-18(8-6-10-25-27(2,3)21-16-19(37(31,32)33)12-14-23(21)29-25)9-7-11-26-28(4,5)22-17-20(38(34,35)36)13-15-24(22)30-26/h6-17,29H,1-5H3,(H,31,32,33)(H,34,35,36). The Hall–Kier alpha value is -3.31. The van der Waals surface area contributed by atoms with Gasteiger partial charge in [-0.1, -0.05) is 57.6 Å². The molecule has 8 nitrogen and oxygen atoms in total. The second-order valence-electron chi connectivity index (χ2n) is 10.4. The molecule has 2 aliphatic heterocycles. The van der Waals surface area contributed by atoms with Gasteiger partial charge in [0.2, 0.25) is 0 Å². The first kappa shape index (κ1) is 27.7. The first-order chi connectivity index (χ1) is 17.5. The largest absolute Gasteiger partial charge is 0.358 e. The van der Waals surface area contributed by atoms with E-state index in [2.05, 4.69) is 10.3 Å². The van der Waals surface area contributed by atoms with Crippen molar-refractivity contribution in [3.05, 3.63) is 95.3 Å². The third kappa shape index (κ3) is 5.30. The Labute approximate surface area is 223 Å². The maximum Gasteiger partial charge on any atom is 0.294 e. The van der Waals surface area contributed by atoms with Crippen molar-refractivity contribution in [2.24, 2.45) is 4.99 Å². The Morgan fingerprint density at radius 3 is 2.11 bits per heavy atom. The summed E-state index contributed by atoms with van der Waals surface area (Å²) >= 11 is 0. The second-order valence-corrected chi connectivity index (χ2v) is 13.3. The summed E-state index contributed by atoms with van der Waals surface area (Å²) in [5, 5.41) is 3.32. The Bertz CT molecular complexity index is 1690. The van der Waals surface area contributed by atoms with Gasteiger partial charge in [-0.3, -0.25) is 14.1 Å². The zero-order chi connectivity index (χ0) is 28.1. The summed E-state index contributed by atoms with van der Waals surface area (Å²) in [6.45, 7) is 9.81. The van der Waals surface area contributed by atoms with Gasteiger partial charge in [0.25, 0.3) is 20.2 Å². The van der Waals surface area contributed by atoms with Crippen LogP contribution < -0.4 is 5.32 Å². The molecule has 0 unspecified atom stereocenters. The maximum atomic E-state index is 11.5. The molecule has 0 saturated carbocycles. The highest BCUT2D eigenvalue weighted by molar-refractivity contribution is 7.86. The lowest BCUT2D eigenvalue weighted by Crippen LogP contribution is -2.24. The SMILES string of the molecule is CC(C=CC=C1Nc2ccc(S(=O)(=O)O)cc2C1(C)C)=CC=CC1=Nc2ccc(S(=O)(=O)O)cc2C1(C)C. The van der Waals surface area contributed by atoms with E-state index in [9.17, 15) is 25.9 Å². The molecule has 38 heavy (non-hydrogen) atoms. The number of aliphatic imine (C=N–C) groups is 1. The van der Waals surface area contributed by atoms with E-state index in [0.717, 1.165) is 33.8 Å². The number of nitrogens with one attached hydrogen (secondary N) is 1. The number of hydrogen-bond acceptors (Lipinski definition) is 6. The highest BCUT2D eigenvalue weighted by Crippen LogP contribution is 2.44. The van der Waals surface area contributed by atoms with Crippen LogP contribution in [0.3, 0.4) is 0 Å². The minimum atomic E-state index is -4.30. The van der Waals surface area contributed by atoms with Crippen LogP contribution in [0.1, 0.15) is 45.7 Å². The number of nitrogens with zero attached hydrogens (tertiary/aromatic N) is 1. The molecule has 0 saturated heterocycles. The van der Waals surface area contributed by atoms with E-state index in [-0.39, 0.29) is 9.79 Å². The fraction of sp³-hybridized carbons (Fsp3) is 0.250. The van der Waals surface area contributed by atoms with Gasteiger partial charge in [0.15, 0.2) is 0 Å². The lowest BCUT2D eigenvalue weighted by molar-refractivity contribution is 0.480. The van der Waals surface area contributed by atoms with Crippen molar-refractivity contribution < 1.29 is 25.9 Å². The van der Waals surface area contributed by atoms with E-state index in [1.807, 2.05) is 71.1 Å². The number of benzene rings is 2. The summed E-state index contributed by atoms with van der Waals surface area (Å²) in [4.78, 5) is 4.35. The predicted octanol–water partition coefficient (Wildman–Crippen LogP) is 5.89. The van der Waals surface area contributed by atoms with Crippen LogP contribution in [0.25, 0.3) is 0 Å². The monoisotopic (exact) mass is 554 g/mol. The molecule has 2 aromatic rings. The molecule has 0 aliphatic carbocycles. The minimum Gasteiger partial charge on any atom is -0.358 e. The van der Waals surface area contributed by atoms with E-state index >= 15 is 0 Å². The summed E-state index contributed by atoms with van der Waals surface area (Å²) in [6, 6.07) is 8.92. The van der Waals surface area contributed by atoms with Gasteiger partial charge < -0.3 is 5.32 Å². The van der Waals surface area contributed by atoms with E-state index < -0.39 is 31.1 Å². The molecular weight excluding hydrogens is 524 g/mol. The highest BCUT2D eigenvalue weighted by atomic mass is 32.2. The van der Waals surface area contributed by atoms with Crippen LogP contribution in [0.5, 0.6) is 0 Å². The molecule has 2 aliphatic rings. The lowest BCUT2D eigenvalue weighted by Gasteiger charge is -2.20. The number of fused-ring (bicyclic) bond motifs is 2. The van der Waals surface area contributed by atoms with Gasteiger partial charge in [-0.2, -0.15) is 16.8 Å². The van der Waals surface area contributed by atoms with Crippen LogP contribution in [0.4, 0.5) is 11.4 Å². The molecular formula is C28H30N2O6S2. The maximum absolute atomic E-state index is 11.5. The molecule has 2 aromatic carbocycles. The summed E-state index contributed by atoms with van der Waals surface area (Å²) in [6.07, 6.45) is 11.5. The molecule has 0 aromatic heterocycles. The fourth-order valence-electron chi connectivity index (χ4n) is 4.58. The predicted molar refractivity (Wildman–Crippen MR) is 149 cm³/mol. The van der Waals surface area contributed by atoms with Crippen molar-refractivity contribution in [1.82, 2.24) is 0 Å². The van der Waals surface area contributed by atoms with Crippen molar-refractivity contribution in [3.8, 4) is 0 Å². The van der Waals surface area contributed by atoms with Crippen LogP contribution in [-0.4, -0.2) is 31.7 Å². The third-order valence-corrected chi connectivity index (χ3v) is 8.66. The number of anilines is 1. The lowest BCUT2D eigenvalue weighted by atomic mass is 9.81. The van der Waals surface area contributed by atoms with E-state index in [1.54, 1.807) is 12.1 Å². The zero-order valence-corrected chi connectivity index (χ0v) is 23.4. The van der Waals surface area contributed by atoms with Gasteiger partial charge in [0.1, 0.15) is 0 Å². The molecule has 0 spiro atoms. The first-order valence-electron chi connectivity index (χ1n) is 11.9. The smallest absolute Gasteiger partial charge is 0.294 e. The number of hydrogen-bond donors (Lipinski definition) is 3. The van der Waals surface area contributed by atoms with Gasteiger partial charge in [-0.15, -0.1) is 0 Å². The van der Waals surface area contributed by atoms with Crippen molar-refractivity contribution >= 4 is 37.3 Å². The van der Waals surface area contributed by atoms with E-state index in [0.29, 0.717) is 5.69 Å². The molecule has 0 amide bonds. The fourth-order valence-corrected chi connectivity index (χ4v) is 5.59. The Kier molecular flexibility index (Phi) is 6.90. The molecule has 200 valence electrons. The molecule has 3 N–H and O–H groups in total. The van der Waals surface area contributed by atoms with Crippen molar-refractivity contribution in [2.45, 2.75) is 55.2 Å². The third-order valence-electron chi connectivity index (χ3n) is 6.96. The molecule has 10 heteroatoms. The average molecular weight is 555 g/mol. The Morgan fingerprint density at radius 1 is 0.868 bits per heavy atom. The summed E-state index contributed by atoms with van der Waals surface area (Å²) in [5.41, 5.74) is 4.61. The van der Waals surface area contributed by atoms with Crippen molar-refractivity contribution in [2.75, 3.05) is 5.32 Å². The summed E-state index contributed by atoms with van der Waals surface area (Å²) < 4.78 is 64.9. The molecule has 0 fully saturated rings. The first-order valence-corrected chi connectivity index (χ1v) is 14.7. The van der Waals surface area contributed by atoms with Gasteiger partial charge >= 0.3 is 0 Å². The van der Waals surface area contributed by atoms with E-state index in [1.165, 1.54) is 24.3 Å². The average Bonchev–Trinajstić information content (AvgIpc) is 3.21. The van der Waals surface area contributed by atoms with E-state index in [4.69, 9.17) is 0 Å². The van der Waals surface area contributed by atoms with Crippen LogP contribution >= 0.6 is 0 Å². The van der Waals surface area contributed by atoms with Gasteiger partial charge in [-0.25, -0.2) is 0 Å². The summed E-state index contributed by atoms with van der Waals surface area (Å²) in [5.74, 6) is 0. The van der Waals surface area contributed by atoms with Crippen LogP contribution in [0, 0.1) is 0 Å². The molecule has 0 bridgehead atoms. The zero-order valence-electron chi connectivity index (χ0n) is 21.7. The Morgan fingerprint density at radius 2 is 1.47 bits per heavy atom. The molecule has 2 heterocycles. The molecule has 0 radical (unpaired) electrons. The topological polar surface area (TPSA) is 133 Å². The normalized spacial score (nSPS) is 19.6. The highest BCUT2D eigenvalue weighted by Gasteiger charge is 2.36.